The zero-order valence-electron chi connectivity index (χ0n) is 13.0. The summed E-state index contributed by atoms with van der Waals surface area (Å²) in [4.78, 5) is 24.1. The maximum atomic E-state index is 12.2. The fraction of sp³-hybridized carbons (Fsp3) is 0.250. The average molecular weight is 337 g/mol. The van der Waals surface area contributed by atoms with E-state index >= 15 is 0 Å². The van der Waals surface area contributed by atoms with Gasteiger partial charge in [-0.25, -0.2) is 0 Å². The maximum absolute atomic E-state index is 12.2. The Hall–Kier alpha value is -2.47. The van der Waals surface area contributed by atoms with Crippen LogP contribution in [-0.2, 0) is 4.79 Å². The van der Waals surface area contributed by atoms with Crippen LogP contribution in [0.25, 0.3) is 0 Å². The first-order valence-corrected chi connectivity index (χ1v) is 7.27. The average Bonchev–Trinajstić information content (AvgIpc) is 2.92. The van der Waals surface area contributed by atoms with Crippen LogP contribution in [0.3, 0.4) is 0 Å². The third-order valence-electron chi connectivity index (χ3n) is 3.13. The van der Waals surface area contributed by atoms with Crippen molar-refractivity contribution in [3.8, 4) is 5.75 Å². The number of carbonyl (C=O) groups is 2. The van der Waals surface area contributed by atoms with Crippen LogP contribution in [-0.4, -0.2) is 17.4 Å². The van der Waals surface area contributed by atoms with Gasteiger partial charge in [-0.15, -0.1) is 0 Å². The number of hydrazine groups is 1. The summed E-state index contributed by atoms with van der Waals surface area (Å²) in [5.74, 6) is -0.00572. The van der Waals surface area contributed by atoms with Crippen molar-refractivity contribution in [3.63, 3.8) is 0 Å². The summed E-state index contributed by atoms with van der Waals surface area (Å²) in [6, 6.07) is 8.16. The zero-order valence-corrected chi connectivity index (χ0v) is 13.7. The third-order valence-corrected chi connectivity index (χ3v) is 3.38. The van der Waals surface area contributed by atoms with Gasteiger partial charge in [-0.05, 0) is 51.1 Å². The molecule has 1 aromatic carbocycles. The van der Waals surface area contributed by atoms with Crippen molar-refractivity contribution in [1.82, 2.24) is 10.9 Å². The van der Waals surface area contributed by atoms with E-state index in [1.807, 2.05) is 0 Å². The van der Waals surface area contributed by atoms with Crippen molar-refractivity contribution < 1.29 is 18.7 Å². The van der Waals surface area contributed by atoms with Gasteiger partial charge in [-0.1, -0.05) is 11.6 Å². The standard InChI is InChI=1S/C16H17ClN2O4/c1-10-13(8-9-22-10)14(20)18-19-15(21)16(2,3)23-12-6-4-11(17)5-7-12/h4-9H,1-3H3,(H,18,20)(H,19,21). The van der Waals surface area contributed by atoms with Crippen LogP contribution < -0.4 is 15.6 Å². The van der Waals surface area contributed by atoms with Crippen molar-refractivity contribution in [2.75, 3.05) is 0 Å². The summed E-state index contributed by atoms with van der Waals surface area (Å²) < 4.78 is 10.7. The number of amides is 2. The molecule has 0 aliphatic heterocycles. The van der Waals surface area contributed by atoms with Crippen molar-refractivity contribution in [3.05, 3.63) is 52.9 Å². The van der Waals surface area contributed by atoms with Gasteiger partial charge in [0.2, 0.25) is 0 Å². The Morgan fingerprint density at radius 2 is 1.78 bits per heavy atom. The Morgan fingerprint density at radius 1 is 1.13 bits per heavy atom. The molecule has 1 aromatic heterocycles. The first-order valence-electron chi connectivity index (χ1n) is 6.89. The molecule has 2 amide bonds. The number of halogens is 1. The molecule has 7 heteroatoms. The Labute approximate surface area is 138 Å². The van der Waals surface area contributed by atoms with Crippen LogP contribution in [0.2, 0.25) is 5.02 Å². The summed E-state index contributed by atoms with van der Waals surface area (Å²) in [7, 11) is 0. The lowest BCUT2D eigenvalue weighted by Gasteiger charge is -2.25. The van der Waals surface area contributed by atoms with Gasteiger partial charge in [0.15, 0.2) is 5.60 Å². The van der Waals surface area contributed by atoms with Crippen LogP contribution in [0.5, 0.6) is 5.75 Å². The molecule has 0 atom stereocenters. The number of carbonyl (C=O) groups excluding carboxylic acids is 2. The molecule has 0 unspecified atom stereocenters. The zero-order chi connectivity index (χ0) is 17.0. The Balaban J connectivity index is 1.94. The second-order valence-electron chi connectivity index (χ2n) is 5.37. The van der Waals surface area contributed by atoms with Gasteiger partial charge in [0, 0.05) is 5.02 Å². The summed E-state index contributed by atoms with van der Waals surface area (Å²) in [5, 5.41) is 0.572. The van der Waals surface area contributed by atoms with E-state index in [2.05, 4.69) is 10.9 Å². The Bertz CT molecular complexity index is 707. The molecular weight excluding hydrogens is 320 g/mol. The monoisotopic (exact) mass is 336 g/mol. The van der Waals surface area contributed by atoms with Gasteiger partial charge in [-0.2, -0.15) is 0 Å². The van der Waals surface area contributed by atoms with Gasteiger partial charge >= 0.3 is 0 Å². The fourth-order valence-electron chi connectivity index (χ4n) is 1.80. The van der Waals surface area contributed by atoms with Crippen LogP contribution in [0.15, 0.2) is 41.0 Å². The second kappa shape index (κ2) is 6.75. The van der Waals surface area contributed by atoms with Crippen LogP contribution in [0, 0.1) is 6.92 Å². The van der Waals surface area contributed by atoms with E-state index in [0.29, 0.717) is 22.1 Å². The largest absolute Gasteiger partial charge is 0.478 e. The maximum Gasteiger partial charge on any atom is 0.281 e. The molecule has 23 heavy (non-hydrogen) atoms. The molecule has 0 radical (unpaired) electrons. The highest BCUT2D eigenvalue weighted by atomic mass is 35.5. The van der Waals surface area contributed by atoms with E-state index in [-0.39, 0.29) is 0 Å². The normalized spacial score (nSPS) is 11.0. The topological polar surface area (TPSA) is 80.6 Å². The van der Waals surface area contributed by atoms with Crippen molar-refractivity contribution in [2.45, 2.75) is 26.4 Å². The smallest absolute Gasteiger partial charge is 0.281 e. The molecule has 122 valence electrons. The number of nitrogens with one attached hydrogen (secondary N) is 2. The van der Waals surface area contributed by atoms with E-state index < -0.39 is 17.4 Å². The number of hydrogen-bond donors (Lipinski definition) is 2. The fourth-order valence-corrected chi connectivity index (χ4v) is 1.92. The first-order chi connectivity index (χ1) is 10.8. The minimum absolute atomic E-state index is 0.349. The number of rotatable bonds is 4. The minimum Gasteiger partial charge on any atom is -0.478 e. The molecule has 1 heterocycles. The van der Waals surface area contributed by atoms with Gasteiger partial charge < -0.3 is 9.15 Å². The molecule has 0 saturated carbocycles. The molecule has 2 rings (SSSR count). The number of furan rings is 1. The molecule has 2 aromatic rings. The minimum atomic E-state index is -1.19. The van der Waals surface area contributed by atoms with E-state index in [0.717, 1.165) is 0 Å². The lowest BCUT2D eigenvalue weighted by molar-refractivity contribution is -0.135. The molecule has 2 N–H and O–H groups in total. The molecule has 0 aliphatic carbocycles. The number of ether oxygens (including phenoxy) is 1. The van der Waals surface area contributed by atoms with Gasteiger partial charge in [0.05, 0.1) is 11.8 Å². The van der Waals surface area contributed by atoms with E-state index in [1.165, 1.54) is 12.3 Å². The van der Waals surface area contributed by atoms with Crippen molar-refractivity contribution in [1.29, 1.82) is 0 Å². The lowest BCUT2D eigenvalue weighted by atomic mass is 10.1. The SMILES string of the molecule is Cc1occc1C(=O)NNC(=O)C(C)(C)Oc1ccc(Cl)cc1. The predicted molar refractivity (Wildman–Crippen MR) is 85.2 cm³/mol. The summed E-state index contributed by atoms with van der Waals surface area (Å²) in [6.07, 6.45) is 1.40. The quantitative estimate of drug-likeness (QED) is 0.841. The van der Waals surface area contributed by atoms with Gasteiger partial charge in [0.25, 0.3) is 11.8 Å². The third kappa shape index (κ3) is 4.26. The summed E-state index contributed by atoms with van der Waals surface area (Å²) >= 11 is 5.80. The Morgan fingerprint density at radius 3 is 2.35 bits per heavy atom. The molecule has 0 aliphatic rings. The number of aryl methyl sites for hydroxylation is 1. The first kappa shape index (κ1) is 16.9. The van der Waals surface area contributed by atoms with Crippen LogP contribution in [0.4, 0.5) is 0 Å². The molecule has 6 nitrogen and oxygen atoms in total. The van der Waals surface area contributed by atoms with Gasteiger partial charge in [0.1, 0.15) is 11.5 Å². The molecule has 0 saturated heterocycles. The highest BCUT2D eigenvalue weighted by molar-refractivity contribution is 6.30. The Kier molecular flexibility index (Phi) is 4.95. The van der Waals surface area contributed by atoms with Crippen molar-refractivity contribution in [2.24, 2.45) is 0 Å². The van der Waals surface area contributed by atoms with E-state index in [9.17, 15) is 9.59 Å². The summed E-state index contributed by atoms with van der Waals surface area (Å²) in [5.41, 5.74) is 3.83. The van der Waals surface area contributed by atoms with Crippen LogP contribution in [0.1, 0.15) is 30.0 Å². The highest BCUT2D eigenvalue weighted by Crippen LogP contribution is 2.20. The number of benzene rings is 1. The van der Waals surface area contributed by atoms with Crippen molar-refractivity contribution >= 4 is 23.4 Å². The second-order valence-corrected chi connectivity index (χ2v) is 5.80. The van der Waals surface area contributed by atoms with E-state index in [1.54, 1.807) is 45.0 Å². The molecule has 0 spiro atoms. The van der Waals surface area contributed by atoms with Crippen LogP contribution >= 0.6 is 11.6 Å². The predicted octanol–water partition coefficient (Wildman–Crippen LogP) is 2.86. The van der Waals surface area contributed by atoms with E-state index in [4.69, 9.17) is 20.8 Å². The molecular formula is C16H17ClN2O4. The molecule has 0 fully saturated rings. The molecule has 0 bridgehead atoms. The lowest BCUT2D eigenvalue weighted by Crippen LogP contribution is -2.53. The summed E-state index contributed by atoms with van der Waals surface area (Å²) in [6.45, 7) is 4.84. The highest BCUT2D eigenvalue weighted by Gasteiger charge is 2.30. The number of hydrogen-bond acceptors (Lipinski definition) is 4. The van der Waals surface area contributed by atoms with Gasteiger partial charge in [-0.3, -0.25) is 20.4 Å².